The van der Waals surface area contributed by atoms with Crippen LogP contribution in [0.25, 0.3) is 0 Å². The Labute approximate surface area is 134 Å². The first kappa shape index (κ1) is 16.3. The van der Waals surface area contributed by atoms with E-state index in [9.17, 15) is 8.42 Å². The Kier molecular flexibility index (Phi) is 5.27. The number of nitrogens with zero attached hydrogens (tertiary/aromatic N) is 1. The fraction of sp³-hybridized carbons (Fsp3) is 0.286. The number of thiophene rings is 1. The van der Waals surface area contributed by atoms with E-state index in [0.717, 1.165) is 22.6 Å². The van der Waals surface area contributed by atoms with Gasteiger partial charge in [-0.15, -0.1) is 11.3 Å². The van der Waals surface area contributed by atoms with E-state index in [1.165, 1.54) is 17.4 Å². The molecule has 0 aliphatic heterocycles. The van der Waals surface area contributed by atoms with Crippen LogP contribution in [-0.2, 0) is 10.0 Å². The van der Waals surface area contributed by atoms with E-state index in [1.807, 2.05) is 31.2 Å². The number of likely N-dealkylation sites (N-methyl/N-ethyl adjacent to an activating group) is 1. The first-order valence-corrected chi connectivity index (χ1v) is 8.95. The summed E-state index contributed by atoms with van der Waals surface area (Å²) in [6.07, 6.45) is 0. The van der Waals surface area contributed by atoms with Gasteiger partial charge in [0.05, 0.1) is 4.34 Å². The summed E-state index contributed by atoms with van der Waals surface area (Å²) in [5.74, 6) is 0.766. The molecule has 1 aromatic heterocycles. The largest absolute Gasteiger partial charge is 0.492 e. The van der Waals surface area contributed by atoms with E-state index in [2.05, 4.69) is 0 Å². The van der Waals surface area contributed by atoms with Crippen LogP contribution in [0, 0.1) is 6.92 Å². The van der Waals surface area contributed by atoms with Crippen LogP contribution in [0.2, 0.25) is 4.34 Å². The van der Waals surface area contributed by atoms with Crippen LogP contribution >= 0.6 is 22.9 Å². The average Bonchev–Trinajstić information content (AvgIpc) is 2.88. The Bertz CT molecular complexity index is 713. The lowest BCUT2D eigenvalue weighted by molar-refractivity contribution is 0.285. The Morgan fingerprint density at radius 1 is 1.24 bits per heavy atom. The van der Waals surface area contributed by atoms with E-state index >= 15 is 0 Å². The van der Waals surface area contributed by atoms with Crippen molar-refractivity contribution in [2.24, 2.45) is 0 Å². The van der Waals surface area contributed by atoms with Gasteiger partial charge in [0.15, 0.2) is 0 Å². The van der Waals surface area contributed by atoms with Gasteiger partial charge in [0.1, 0.15) is 16.6 Å². The fourth-order valence-electron chi connectivity index (χ4n) is 1.71. The first-order valence-electron chi connectivity index (χ1n) is 6.31. The van der Waals surface area contributed by atoms with Crippen LogP contribution in [0.1, 0.15) is 5.56 Å². The van der Waals surface area contributed by atoms with Crippen LogP contribution in [0.5, 0.6) is 5.75 Å². The van der Waals surface area contributed by atoms with Gasteiger partial charge in [-0.1, -0.05) is 29.8 Å². The molecule has 0 N–H and O–H groups in total. The number of sulfonamides is 1. The second-order valence-corrected chi connectivity index (χ2v) is 8.49. The maximum absolute atomic E-state index is 12.3. The number of hydrogen-bond donors (Lipinski definition) is 0. The molecule has 0 amide bonds. The molecular weight excluding hydrogens is 330 g/mol. The predicted octanol–water partition coefficient (Wildman–Crippen LogP) is 3.41. The monoisotopic (exact) mass is 345 g/mol. The molecule has 2 rings (SSSR count). The number of aryl methyl sites for hydroxylation is 1. The molecule has 0 spiro atoms. The number of benzene rings is 1. The molecule has 1 aromatic carbocycles. The minimum atomic E-state index is -3.50. The summed E-state index contributed by atoms with van der Waals surface area (Å²) in [5.41, 5.74) is 1.02. The highest BCUT2D eigenvalue weighted by atomic mass is 35.5. The van der Waals surface area contributed by atoms with Crippen molar-refractivity contribution in [3.05, 3.63) is 46.3 Å². The van der Waals surface area contributed by atoms with Gasteiger partial charge in [0.25, 0.3) is 10.0 Å². The summed E-state index contributed by atoms with van der Waals surface area (Å²) in [7, 11) is -1.96. The fourth-order valence-corrected chi connectivity index (χ4v) is 4.56. The number of ether oxygens (including phenoxy) is 1. The second-order valence-electron chi connectivity index (χ2n) is 4.50. The number of para-hydroxylation sites is 1. The van der Waals surface area contributed by atoms with Gasteiger partial charge in [0.2, 0.25) is 0 Å². The first-order chi connectivity index (χ1) is 9.91. The third kappa shape index (κ3) is 3.97. The van der Waals surface area contributed by atoms with E-state index in [0.29, 0.717) is 10.9 Å². The summed E-state index contributed by atoms with van der Waals surface area (Å²) >= 11 is 6.83. The normalized spacial score (nSPS) is 11.8. The maximum Gasteiger partial charge on any atom is 0.252 e. The Hall–Kier alpha value is -1.08. The molecule has 2 aromatic rings. The van der Waals surface area contributed by atoms with Crippen LogP contribution < -0.4 is 4.74 Å². The van der Waals surface area contributed by atoms with E-state index in [-0.39, 0.29) is 10.8 Å². The van der Waals surface area contributed by atoms with E-state index in [1.54, 1.807) is 6.07 Å². The van der Waals surface area contributed by atoms with Crippen molar-refractivity contribution in [3.63, 3.8) is 0 Å². The molecule has 0 unspecified atom stereocenters. The second kappa shape index (κ2) is 6.79. The third-order valence-electron chi connectivity index (χ3n) is 2.97. The van der Waals surface area contributed by atoms with Crippen molar-refractivity contribution < 1.29 is 13.2 Å². The predicted molar refractivity (Wildman–Crippen MR) is 85.8 cm³/mol. The molecule has 1 heterocycles. The van der Waals surface area contributed by atoms with E-state index < -0.39 is 10.0 Å². The smallest absolute Gasteiger partial charge is 0.252 e. The SMILES string of the molecule is Cc1ccccc1OCCN(C)S(=O)(=O)c1ccc(Cl)s1. The molecule has 0 aliphatic carbocycles. The lowest BCUT2D eigenvalue weighted by atomic mass is 10.2. The van der Waals surface area contributed by atoms with Gasteiger partial charge in [0, 0.05) is 13.6 Å². The lowest BCUT2D eigenvalue weighted by Crippen LogP contribution is -2.30. The van der Waals surface area contributed by atoms with Crippen LogP contribution in [0.4, 0.5) is 0 Å². The summed E-state index contributed by atoms with van der Waals surface area (Å²) in [6.45, 7) is 2.51. The van der Waals surface area contributed by atoms with Crippen molar-refractivity contribution >= 4 is 33.0 Å². The Morgan fingerprint density at radius 2 is 1.95 bits per heavy atom. The van der Waals surface area contributed by atoms with Gasteiger partial charge >= 0.3 is 0 Å². The molecule has 0 atom stereocenters. The summed E-state index contributed by atoms with van der Waals surface area (Å²) in [5, 5.41) is 0. The Morgan fingerprint density at radius 3 is 2.57 bits per heavy atom. The molecular formula is C14H16ClNO3S2. The molecule has 114 valence electrons. The number of halogens is 1. The molecule has 7 heteroatoms. The van der Waals surface area contributed by atoms with Crippen LogP contribution in [0.3, 0.4) is 0 Å². The molecule has 0 saturated carbocycles. The molecule has 21 heavy (non-hydrogen) atoms. The summed E-state index contributed by atoms with van der Waals surface area (Å²) in [6, 6.07) is 10.7. The third-order valence-corrected chi connectivity index (χ3v) is 6.53. The highest BCUT2D eigenvalue weighted by molar-refractivity contribution is 7.91. The molecule has 0 radical (unpaired) electrons. The van der Waals surface area contributed by atoms with Gasteiger partial charge in [-0.2, -0.15) is 4.31 Å². The standard InChI is InChI=1S/C14H16ClNO3S2/c1-11-5-3-4-6-12(11)19-10-9-16(2)21(17,18)14-8-7-13(15)20-14/h3-8H,9-10H2,1-2H3. The molecule has 0 saturated heterocycles. The van der Waals surface area contributed by atoms with Gasteiger partial charge < -0.3 is 4.74 Å². The van der Waals surface area contributed by atoms with Crippen molar-refractivity contribution in [1.29, 1.82) is 0 Å². The van der Waals surface area contributed by atoms with Crippen molar-refractivity contribution in [2.45, 2.75) is 11.1 Å². The minimum Gasteiger partial charge on any atom is -0.492 e. The average molecular weight is 346 g/mol. The van der Waals surface area contributed by atoms with Crippen molar-refractivity contribution in [3.8, 4) is 5.75 Å². The molecule has 0 bridgehead atoms. The molecule has 4 nitrogen and oxygen atoms in total. The van der Waals surface area contributed by atoms with Gasteiger partial charge in [-0.3, -0.25) is 0 Å². The topological polar surface area (TPSA) is 46.6 Å². The zero-order valence-corrected chi connectivity index (χ0v) is 14.1. The van der Waals surface area contributed by atoms with Gasteiger partial charge in [-0.05, 0) is 30.7 Å². The maximum atomic E-state index is 12.3. The molecule has 0 fully saturated rings. The zero-order chi connectivity index (χ0) is 15.5. The number of hydrogen-bond acceptors (Lipinski definition) is 4. The zero-order valence-electron chi connectivity index (χ0n) is 11.7. The highest BCUT2D eigenvalue weighted by Crippen LogP contribution is 2.27. The number of rotatable bonds is 6. The van der Waals surface area contributed by atoms with Crippen LogP contribution in [-0.4, -0.2) is 32.9 Å². The summed E-state index contributed by atoms with van der Waals surface area (Å²) < 4.78 is 32.1. The highest BCUT2D eigenvalue weighted by Gasteiger charge is 2.22. The lowest BCUT2D eigenvalue weighted by Gasteiger charge is -2.16. The molecule has 0 aliphatic rings. The van der Waals surface area contributed by atoms with Crippen molar-refractivity contribution in [2.75, 3.05) is 20.2 Å². The van der Waals surface area contributed by atoms with Gasteiger partial charge in [-0.25, -0.2) is 8.42 Å². The quantitative estimate of drug-likeness (QED) is 0.806. The minimum absolute atomic E-state index is 0.242. The summed E-state index contributed by atoms with van der Waals surface area (Å²) in [4.78, 5) is 0. The Balaban J connectivity index is 1.96. The van der Waals surface area contributed by atoms with Crippen LogP contribution in [0.15, 0.2) is 40.6 Å². The van der Waals surface area contributed by atoms with Crippen molar-refractivity contribution in [1.82, 2.24) is 4.31 Å². The van der Waals surface area contributed by atoms with E-state index in [4.69, 9.17) is 16.3 Å².